The van der Waals surface area contributed by atoms with Crippen molar-refractivity contribution in [3.05, 3.63) is 41.6 Å². The van der Waals surface area contributed by atoms with Gasteiger partial charge in [-0.3, -0.25) is 4.79 Å². The minimum absolute atomic E-state index is 0.0905. The molecule has 0 unspecified atom stereocenters. The maximum Gasteiger partial charge on any atom is 0.417 e. The molecular formula is C22H27F3N6OS. The van der Waals surface area contributed by atoms with Gasteiger partial charge in [0.1, 0.15) is 5.82 Å². The minimum atomic E-state index is -4.60. The highest BCUT2D eigenvalue weighted by Gasteiger charge is 2.34. The SMILES string of the molecule is CC(C)CNc1nc(SC(C)C)nc2c1cnn2CCNC(=O)c1ccccc1C(F)(F)F. The molecule has 2 aromatic heterocycles. The zero-order valence-electron chi connectivity index (χ0n) is 18.9. The fourth-order valence-corrected chi connectivity index (χ4v) is 3.80. The molecule has 3 rings (SSSR count). The predicted octanol–water partition coefficient (Wildman–Crippen LogP) is 4.84. The van der Waals surface area contributed by atoms with Gasteiger partial charge in [0.25, 0.3) is 5.91 Å². The number of halogens is 3. The third-order valence-electron chi connectivity index (χ3n) is 4.58. The Hall–Kier alpha value is -2.82. The summed E-state index contributed by atoms with van der Waals surface area (Å²) in [5.74, 6) is 0.316. The van der Waals surface area contributed by atoms with Crippen molar-refractivity contribution in [2.45, 2.75) is 50.8 Å². The van der Waals surface area contributed by atoms with Crippen LogP contribution in [0.2, 0.25) is 0 Å². The van der Waals surface area contributed by atoms with Crippen LogP contribution in [0.15, 0.2) is 35.6 Å². The number of fused-ring (bicyclic) bond motifs is 1. The summed E-state index contributed by atoms with van der Waals surface area (Å²) in [6, 6.07) is 4.72. The van der Waals surface area contributed by atoms with E-state index < -0.39 is 23.2 Å². The van der Waals surface area contributed by atoms with Crippen molar-refractivity contribution in [3.8, 4) is 0 Å². The molecule has 0 atom stereocenters. The van der Waals surface area contributed by atoms with E-state index in [4.69, 9.17) is 0 Å². The van der Waals surface area contributed by atoms with Gasteiger partial charge < -0.3 is 10.6 Å². The van der Waals surface area contributed by atoms with Gasteiger partial charge in [0.05, 0.1) is 29.3 Å². The molecule has 0 aliphatic carbocycles. The van der Waals surface area contributed by atoms with Crippen LogP contribution < -0.4 is 10.6 Å². The Labute approximate surface area is 194 Å². The highest BCUT2D eigenvalue weighted by molar-refractivity contribution is 7.99. The van der Waals surface area contributed by atoms with Crippen molar-refractivity contribution in [1.82, 2.24) is 25.1 Å². The third-order valence-corrected chi connectivity index (χ3v) is 5.45. The van der Waals surface area contributed by atoms with E-state index in [1.165, 1.54) is 23.9 Å². The molecule has 0 aliphatic heterocycles. The smallest absolute Gasteiger partial charge is 0.369 e. The normalized spacial score (nSPS) is 12.0. The topological polar surface area (TPSA) is 84.7 Å². The van der Waals surface area contributed by atoms with Crippen LogP contribution in [-0.2, 0) is 12.7 Å². The zero-order valence-corrected chi connectivity index (χ0v) is 19.7. The number of alkyl halides is 3. The van der Waals surface area contributed by atoms with E-state index in [1.54, 1.807) is 10.9 Å². The van der Waals surface area contributed by atoms with Crippen molar-refractivity contribution in [2.75, 3.05) is 18.4 Å². The van der Waals surface area contributed by atoms with Gasteiger partial charge in [0.2, 0.25) is 0 Å². The highest BCUT2D eigenvalue weighted by atomic mass is 32.2. The molecular weight excluding hydrogens is 453 g/mol. The summed E-state index contributed by atoms with van der Waals surface area (Å²) < 4.78 is 41.2. The van der Waals surface area contributed by atoms with Gasteiger partial charge in [-0.25, -0.2) is 14.6 Å². The number of rotatable bonds is 9. The van der Waals surface area contributed by atoms with Crippen molar-refractivity contribution in [1.29, 1.82) is 0 Å². The molecule has 0 bridgehead atoms. The Morgan fingerprint density at radius 3 is 2.55 bits per heavy atom. The lowest BCUT2D eigenvalue weighted by Crippen LogP contribution is -2.29. The molecule has 3 aromatic rings. The number of carbonyl (C=O) groups is 1. The Morgan fingerprint density at radius 1 is 1.15 bits per heavy atom. The summed E-state index contributed by atoms with van der Waals surface area (Å²) in [6.45, 7) is 9.35. The Morgan fingerprint density at radius 2 is 1.88 bits per heavy atom. The van der Waals surface area contributed by atoms with Crippen LogP contribution in [0.4, 0.5) is 19.0 Å². The van der Waals surface area contributed by atoms with Gasteiger partial charge >= 0.3 is 6.18 Å². The van der Waals surface area contributed by atoms with Gasteiger partial charge in [0.15, 0.2) is 10.8 Å². The van der Waals surface area contributed by atoms with Crippen LogP contribution in [-0.4, -0.2) is 44.0 Å². The number of hydrogen-bond donors (Lipinski definition) is 2. The van der Waals surface area contributed by atoms with Crippen LogP contribution in [0.3, 0.4) is 0 Å². The van der Waals surface area contributed by atoms with Gasteiger partial charge in [-0.15, -0.1) is 0 Å². The number of amides is 1. The van der Waals surface area contributed by atoms with E-state index in [9.17, 15) is 18.0 Å². The Balaban J connectivity index is 1.78. The summed E-state index contributed by atoms with van der Waals surface area (Å²) in [5, 5.41) is 11.9. The molecule has 1 aromatic carbocycles. The Kier molecular flexibility index (Phi) is 7.83. The largest absolute Gasteiger partial charge is 0.417 e. The summed E-state index contributed by atoms with van der Waals surface area (Å²) in [5.41, 5.74) is -0.770. The zero-order chi connectivity index (χ0) is 24.2. The third kappa shape index (κ3) is 6.37. The lowest BCUT2D eigenvalue weighted by molar-refractivity contribution is -0.137. The molecule has 0 aliphatic rings. The molecule has 0 spiro atoms. The number of hydrogen-bond acceptors (Lipinski definition) is 6. The fourth-order valence-electron chi connectivity index (χ4n) is 3.10. The van der Waals surface area contributed by atoms with Crippen LogP contribution >= 0.6 is 11.8 Å². The first kappa shape index (κ1) is 24.8. The van der Waals surface area contributed by atoms with Crippen LogP contribution in [0.1, 0.15) is 43.6 Å². The van der Waals surface area contributed by atoms with Gasteiger partial charge in [-0.05, 0) is 18.1 Å². The number of nitrogens with zero attached hydrogens (tertiary/aromatic N) is 4. The molecule has 0 saturated carbocycles. The predicted molar refractivity (Wildman–Crippen MR) is 123 cm³/mol. The lowest BCUT2D eigenvalue weighted by Gasteiger charge is -2.13. The molecule has 0 radical (unpaired) electrons. The average Bonchev–Trinajstić information content (AvgIpc) is 3.14. The van der Waals surface area contributed by atoms with Crippen molar-refractivity contribution in [3.63, 3.8) is 0 Å². The summed E-state index contributed by atoms with van der Waals surface area (Å²) in [4.78, 5) is 21.6. The molecule has 11 heteroatoms. The molecule has 1 amide bonds. The van der Waals surface area contributed by atoms with E-state index >= 15 is 0 Å². The fraction of sp³-hybridized carbons (Fsp3) is 0.455. The maximum absolute atomic E-state index is 13.2. The Bertz CT molecular complexity index is 1110. The number of thioether (sulfide) groups is 1. The first-order valence-corrected chi connectivity index (χ1v) is 11.5. The van der Waals surface area contributed by atoms with Crippen LogP contribution in [0.25, 0.3) is 11.0 Å². The van der Waals surface area contributed by atoms with E-state index in [1.807, 2.05) is 13.8 Å². The molecule has 2 heterocycles. The second-order valence-corrected chi connectivity index (χ2v) is 9.74. The summed E-state index contributed by atoms with van der Waals surface area (Å²) in [7, 11) is 0. The highest BCUT2D eigenvalue weighted by Crippen LogP contribution is 2.32. The van der Waals surface area contributed by atoms with Crippen molar-refractivity contribution < 1.29 is 18.0 Å². The molecule has 7 nitrogen and oxygen atoms in total. The van der Waals surface area contributed by atoms with Gasteiger partial charge in [0, 0.05) is 18.3 Å². The van der Waals surface area contributed by atoms with Crippen LogP contribution in [0, 0.1) is 5.92 Å². The first-order valence-electron chi connectivity index (χ1n) is 10.6. The lowest BCUT2D eigenvalue weighted by atomic mass is 10.1. The number of nitrogens with one attached hydrogen (secondary N) is 2. The van der Waals surface area contributed by atoms with E-state index in [-0.39, 0.29) is 18.3 Å². The first-order chi connectivity index (χ1) is 15.6. The number of carbonyl (C=O) groups excluding carboxylic acids is 1. The number of aromatic nitrogens is 4. The number of benzene rings is 1. The summed E-state index contributed by atoms with van der Waals surface area (Å²) >= 11 is 1.52. The van der Waals surface area contributed by atoms with Crippen molar-refractivity contribution in [2.24, 2.45) is 5.92 Å². The standard InChI is InChI=1S/C22H27F3N6OS/c1-13(2)11-27-18-16-12-28-31(19(16)30-21(29-18)33-14(3)4)10-9-26-20(32)15-7-5-6-8-17(15)22(23,24)25/h5-8,12-14H,9-11H2,1-4H3,(H,26,32)(H,27,29,30). The molecule has 0 fully saturated rings. The van der Waals surface area contributed by atoms with Gasteiger partial charge in [-0.2, -0.15) is 18.3 Å². The molecule has 33 heavy (non-hydrogen) atoms. The molecule has 0 saturated heterocycles. The average molecular weight is 481 g/mol. The van der Waals surface area contributed by atoms with Gasteiger partial charge in [-0.1, -0.05) is 51.6 Å². The molecule has 178 valence electrons. The monoisotopic (exact) mass is 480 g/mol. The molecule has 2 N–H and O–H groups in total. The van der Waals surface area contributed by atoms with E-state index in [0.717, 1.165) is 24.1 Å². The maximum atomic E-state index is 13.2. The number of anilines is 1. The quantitative estimate of drug-likeness (QED) is 0.337. The summed E-state index contributed by atoms with van der Waals surface area (Å²) in [6.07, 6.45) is -2.95. The second-order valence-electron chi connectivity index (χ2n) is 8.20. The minimum Gasteiger partial charge on any atom is -0.369 e. The van der Waals surface area contributed by atoms with Crippen molar-refractivity contribution >= 4 is 34.5 Å². The van der Waals surface area contributed by atoms with E-state index in [2.05, 4.69) is 39.5 Å². The van der Waals surface area contributed by atoms with E-state index in [0.29, 0.717) is 22.5 Å². The second kappa shape index (κ2) is 10.4. The van der Waals surface area contributed by atoms with Crippen LogP contribution in [0.5, 0.6) is 0 Å².